The second kappa shape index (κ2) is 17.9. The highest BCUT2D eigenvalue weighted by Crippen LogP contribution is 2.46. The largest absolute Gasteiger partial charge is 0.507 e. The Labute approximate surface area is 426 Å². The average Bonchev–Trinajstić information content (AvgIpc) is 2.73. The summed E-state index contributed by atoms with van der Waals surface area (Å²) in [4.78, 5) is 10.4. The van der Waals surface area contributed by atoms with Crippen molar-refractivity contribution < 1.29 is 17.4 Å². The van der Waals surface area contributed by atoms with Crippen molar-refractivity contribution in [1.29, 1.82) is 0 Å². The number of hydrogen-bond acceptors (Lipinski definition) is 3. The van der Waals surface area contributed by atoms with Gasteiger partial charge in [-0.05, 0) is 132 Å². The molecule has 2 aromatic heterocycles. The predicted molar refractivity (Wildman–Crippen MR) is 295 cm³/mol. The van der Waals surface area contributed by atoms with Crippen molar-refractivity contribution in [1.82, 2.24) is 14.5 Å². The first-order valence-electron chi connectivity index (χ1n) is 28.2. The number of imidazole rings is 1. The Morgan fingerprint density at radius 1 is 0.429 bits per heavy atom. The topological polar surface area (TPSA) is 50.9 Å². The molecular weight excluding hydrogens is 851 g/mol. The maximum Gasteiger partial charge on any atom is 0.149 e. The first-order valence-corrected chi connectivity index (χ1v) is 23.7. The maximum absolute atomic E-state index is 12.7. The number of nitrogens with zero attached hydrogens (tertiary/aromatic N) is 3. The molecule has 0 fully saturated rings. The van der Waals surface area contributed by atoms with E-state index in [1.54, 1.807) is 47.0 Å². The summed E-state index contributed by atoms with van der Waals surface area (Å²) < 4.78 is 83.2. The first-order chi connectivity index (χ1) is 37.3. The molecule has 2 heterocycles. The number of phenolic OH excluding ortho intramolecular Hbond substituents is 1. The number of para-hydroxylation sites is 1. The number of hydrogen-bond donors (Lipinski definition) is 1. The van der Waals surface area contributed by atoms with Gasteiger partial charge in [-0.2, -0.15) is 0 Å². The molecule has 0 saturated heterocycles. The minimum Gasteiger partial charge on any atom is -0.507 e. The fraction of sp³-hybridized carbons (Fsp3) is 0.182. The molecule has 0 amide bonds. The highest BCUT2D eigenvalue weighted by molar-refractivity contribution is 5.98. The molecule has 8 aromatic carbocycles. The van der Waals surface area contributed by atoms with Crippen LogP contribution in [0.1, 0.15) is 91.1 Å². The average molecular weight is 921 g/mol. The number of benzene rings is 8. The Kier molecular flexibility index (Phi) is 9.27. The molecule has 4 nitrogen and oxygen atoms in total. The lowest BCUT2D eigenvalue weighted by Gasteiger charge is -2.28. The zero-order valence-electron chi connectivity index (χ0n) is 49.3. The van der Waals surface area contributed by atoms with Gasteiger partial charge < -0.3 is 5.11 Å². The summed E-state index contributed by atoms with van der Waals surface area (Å²) in [7, 11) is 0. The lowest BCUT2D eigenvalue weighted by molar-refractivity contribution is 0.446. The highest BCUT2D eigenvalue weighted by atomic mass is 16.3. The summed E-state index contributed by atoms with van der Waals surface area (Å²) in [5.41, 5.74) is 7.70. The third-order valence-corrected chi connectivity index (χ3v) is 13.2. The van der Waals surface area contributed by atoms with Crippen LogP contribution in [0, 0.1) is 0 Å². The molecule has 0 atom stereocenters. The Balaban J connectivity index is 1.29. The van der Waals surface area contributed by atoms with E-state index in [1.165, 1.54) is 6.07 Å². The van der Waals surface area contributed by atoms with E-state index in [9.17, 15) is 5.11 Å². The highest BCUT2D eigenvalue weighted by Gasteiger charge is 2.30. The monoisotopic (exact) mass is 921 g/mol. The van der Waals surface area contributed by atoms with Gasteiger partial charge in [-0.15, -0.1) is 0 Å². The van der Waals surface area contributed by atoms with Gasteiger partial charge in [0, 0.05) is 35.2 Å². The van der Waals surface area contributed by atoms with E-state index in [1.807, 2.05) is 112 Å². The molecule has 0 aliphatic carbocycles. The van der Waals surface area contributed by atoms with E-state index in [2.05, 4.69) is 81.4 Å². The molecule has 1 N–H and O–H groups in total. The van der Waals surface area contributed by atoms with Gasteiger partial charge in [-0.1, -0.05) is 202 Å². The van der Waals surface area contributed by atoms with Crippen LogP contribution in [-0.2, 0) is 16.2 Å². The second-order valence-corrected chi connectivity index (χ2v) is 20.3. The van der Waals surface area contributed by atoms with Crippen molar-refractivity contribution in [3.8, 4) is 89.7 Å². The summed E-state index contributed by atoms with van der Waals surface area (Å²) in [6.45, 7) is 1.35. The smallest absolute Gasteiger partial charge is 0.149 e. The third-order valence-electron chi connectivity index (χ3n) is 13.2. The van der Waals surface area contributed by atoms with Crippen LogP contribution in [0.2, 0.25) is 0 Å². The van der Waals surface area contributed by atoms with Crippen LogP contribution in [0.5, 0.6) is 5.75 Å². The van der Waals surface area contributed by atoms with Gasteiger partial charge in [-0.25, -0.2) is 4.98 Å². The summed E-state index contributed by atoms with van der Waals surface area (Å²) in [6.07, 6.45) is 1.81. The van der Waals surface area contributed by atoms with E-state index in [4.69, 9.17) is 22.3 Å². The molecular formula is C66H61N3O. The molecule has 0 spiro atoms. The van der Waals surface area contributed by atoms with Gasteiger partial charge in [0.15, 0.2) is 0 Å². The Hall–Kier alpha value is -7.82. The van der Waals surface area contributed by atoms with E-state index in [-0.39, 0.29) is 22.8 Å². The summed E-state index contributed by atoms with van der Waals surface area (Å²) in [6, 6.07) is 62.2. The molecule has 10 aromatic rings. The van der Waals surface area contributed by atoms with Crippen molar-refractivity contribution in [2.45, 2.75) is 78.3 Å². The summed E-state index contributed by atoms with van der Waals surface area (Å²) >= 11 is 0. The van der Waals surface area contributed by atoms with Crippen molar-refractivity contribution in [3.05, 3.63) is 217 Å². The van der Waals surface area contributed by atoms with Crippen LogP contribution in [-0.4, -0.2) is 19.6 Å². The third kappa shape index (κ3) is 8.98. The van der Waals surface area contributed by atoms with Gasteiger partial charge >= 0.3 is 0 Å². The number of aromatic nitrogens is 3. The van der Waals surface area contributed by atoms with Gasteiger partial charge in [0.05, 0.1) is 28.0 Å². The second-order valence-electron chi connectivity index (χ2n) is 20.3. The van der Waals surface area contributed by atoms with Crippen LogP contribution in [0.4, 0.5) is 0 Å². The fourth-order valence-electron chi connectivity index (χ4n) is 9.39. The molecule has 0 unspecified atom stereocenters. The van der Waals surface area contributed by atoms with E-state index in [0.717, 1.165) is 55.8 Å². The molecule has 4 heteroatoms. The number of pyridine rings is 1. The number of rotatable bonds is 8. The number of aromatic hydroxyl groups is 1. The molecule has 70 heavy (non-hydrogen) atoms. The maximum atomic E-state index is 12.7. The number of fused-ring (bicyclic) bond motifs is 1. The number of phenols is 1. The molecule has 0 saturated carbocycles. The van der Waals surface area contributed by atoms with E-state index in [0.29, 0.717) is 33.3 Å². The minimum absolute atomic E-state index is 0.0351. The van der Waals surface area contributed by atoms with E-state index < -0.39 is 42.4 Å². The van der Waals surface area contributed by atoms with Crippen LogP contribution in [0.15, 0.2) is 200 Å². The Morgan fingerprint density at radius 2 is 0.971 bits per heavy atom. The van der Waals surface area contributed by atoms with Crippen LogP contribution >= 0.6 is 0 Å². The van der Waals surface area contributed by atoms with Crippen molar-refractivity contribution in [2.24, 2.45) is 0 Å². The molecule has 0 bridgehead atoms. The van der Waals surface area contributed by atoms with Gasteiger partial charge in [0.2, 0.25) is 0 Å². The normalized spacial score (nSPS) is 14.6. The van der Waals surface area contributed by atoms with Crippen molar-refractivity contribution >= 4 is 11.0 Å². The van der Waals surface area contributed by atoms with Crippen LogP contribution in [0.25, 0.3) is 95.0 Å². The van der Waals surface area contributed by atoms with Crippen LogP contribution < -0.4 is 0 Å². The van der Waals surface area contributed by atoms with Gasteiger partial charge in [0.25, 0.3) is 0 Å². The predicted octanol–water partition coefficient (Wildman–Crippen LogP) is 17.7. The fourth-order valence-corrected chi connectivity index (χ4v) is 9.39. The van der Waals surface area contributed by atoms with Crippen molar-refractivity contribution in [3.63, 3.8) is 0 Å². The lowest BCUT2D eigenvalue weighted by Crippen LogP contribution is -2.18. The van der Waals surface area contributed by atoms with Crippen LogP contribution in [0.3, 0.4) is 0 Å². The molecule has 10 rings (SSSR count). The minimum atomic E-state index is -3.62. The first kappa shape index (κ1) is 36.2. The Bertz CT molecular complexity index is 3830. The lowest BCUT2D eigenvalue weighted by atomic mass is 9.78. The SMILES string of the molecule is [2H]C([2H])([2H])C(c1cc(-c2ccccc2)ccc1-n1c(-c2cc(C(C)(C)C)cc(C(C)(C)C)c2O)nc2c(-c3cc(-c4ccccc4)cc(-c4cc(-c5ccc(-c6ccccc6)cc5)ccn4)c3)cccc21)(C([2H])([2H])[2H])C([2H])([2H])[2H]. The molecule has 0 radical (unpaired) electrons. The summed E-state index contributed by atoms with van der Waals surface area (Å²) in [5.74, 6) is 0.0664. The zero-order valence-corrected chi connectivity index (χ0v) is 40.3. The van der Waals surface area contributed by atoms with Crippen molar-refractivity contribution in [2.75, 3.05) is 0 Å². The van der Waals surface area contributed by atoms with Gasteiger partial charge in [0.1, 0.15) is 11.6 Å². The molecule has 0 aliphatic heterocycles. The van der Waals surface area contributed by atoms with E-state index >= 15 is 0 Å². The van der Waals surface area contributed by atoms with Gasteiger partial charge in [-0.3, -0.25) is 9.55 Å². The summed E-state index contributed by atoms with van der Waals surface area (Å²) in [5, 5.41) is 12.7. The molecule has 0 aliphatic rings. The zero-order chi connectivity index (χ0) is 56.5. The molecule has 346 valence electrons. The quantitative estimate of drug-likeness (QED) is 0.165. The standard InChI is InChI=1S/C66H61N3O/c1-64(2,3)53-41-55(62(70)57(42-53)66(7,8)9)63-68-61-54(26-19-27-60(61)69(63)59-33-32-48(39-56(59)65(4,5)6)44-22-15-11-16-23-44)51-36-50(45-24-17-12-18-25-45)37-52(38-51)58-40-49(34-35-67-58)47-30-28-46(29-31-47)43-20-13-10-14-21-43/h10-42,70H,1-9H3/i4D3,5D3,6D3. The Morgan fingerprint density at radius 3 is 1.59 bits per heavy atom.